The van der Waals surface area contributed by atoms with E-state index in [1.165, 1.54) is 0 Å². The number of aromatic nitrogens is 4. The van der Waals surface area contributed by atoms with Gasteiger partial charge in [0, 0.05) is 17.8 Å². The van der Waals surface area contributed by atoms with Gasteiger partial charge in [0.15, 0.2) is 5.69 Å². The van der Waals surface area contributed by atoms with Gasteiger partial charge < -0.3 is 10.1 Å². The first-order valence-electron chi connectivity index (χ1n) is 9.05. The van der Waals surface area contributed by atoms with E-state index in [1.54, 1.807) is 31.0 Å². The van der Waals surface area contributed by atoms with Gasteiger partial charge in [-0.1, -0.05) is 41.6 Å². The molecule has 1 N–H and O–H groups in total. The Morgan fingerprint density at radius 1 is 1.00 bits per heavy atom. The largest absolute Gasteiger partial charge is 0.497 e. The number of pyridine rings is 1. The van der Waals surface area contributed by atoms with E-state index in [0.29, 0.717) is 17.3 Å². The summed E-state index contributed by atoms with van der Waals surface area (Å²) in [5.41, 5.74) is 3.66. The van der Waals surface area contributed by atoms with Crippen LogP contribution in [0.3, 0.4) is 0 Å². The SMILES string of the molecule is COc1cccc(-n2nnc(C(=O)Nc3ccc(-c4ccccc4)cn3)c2C)c1. The van der Waals surface area contributed by atoms with Crippen LogP contribution in [-0.4, -0.2) is 33.0 Å². The summed E-state index contributed by atoms with van der Waals surface area (Å²) in [5, 5.41) is 10.9. The fraction of sp³-hybridized carbons (Fsp3) is 0.0909. The van der Waals surface area contributed by atoms with E-state index in [1.807, 2.05) is 60.7 Å². The third kappa shape index (κ3) is 3.84. The summed E-state index contributed by atoms with van der Waals surface area (Å²) in [7, 11) is 1.60. The van der Waals surface area contributed by atoms with E-state index in [2.05, 4.69) is 20.6 Å². The molecule has 0 bridgehead atoms. The molecule has 4 rings (SSSR count). The van der Waals surface area contributed by atoms with Gasteiger partial charge in [-0.3, -0.25) is 4.79 Å². The Kier molecular flexibility index (Phi) is 5.03. The molecule has 0 aliphatic carbocycles. The summed E-state index contributed by atoms with van der Waals surface area (Å²) in [6, 6.07) is 21.0. The molecule has 1 amide bonds. The van der Waals surface area contributed by atoms with E-state index in [4.69, 9.17) is 4.74 Å². The Morgan fingerprint density at radius 3 is 2.55 bits per heavy atom. The van der Waals surface area contributed by atoms with Crippen molar-refractivity contribution in [3.8, 4) is 22.6 Å². The van der Waals surface area contributed by atoms with Gasteiger partial charge in [0.2, 0.25) is 0 Å². The van der Waals surface area contributed by atoms with E-state index >= 15 is 0 Å². The molecule has 0 saturated heterocycles. The van der Waals surface area contributed by atoms with Gasteiger partial charge in [-0.05, 0) is 36.8 Å². The van der Waals surface area contributed by atoms with Crippen molar-refractivity contribution in [3.05, 3.63) is 84.3 Å². The molecule has 2 aromatic heterocycles. The number of carbonyl (C=O) groups is 1. The van der Waals surface area contributed by atoms with Crippen LogP contribution in [0.4, 0.5) is 5.82 Å². The maximum absolute atomic E-state index is 12.7. The first-order valence-corrected chi connectivity index (χ1v) is 9.05. The first-order chi connectivity index (χ1) is 14.2. The minimum absolute atomic E-state index is 0.238. The molecule has 0 saturated carbocycles. The standard InChI is InChI=1S/C22H19N5O2/c1-15-21(25-26-27(15)18-9-6-10-19(13-18)29-2)22(28)24-20-12-11-17(14-23-20)16-7-4-3-5-8-16/h3-14H,1-2H3,(H,23,24,28). The molecule has 0 fully saturated rings. The molecule has 29 heavy (non-hydrogen) atoms. The second-order valence-corrected chi connectivity index (χ2v) is 6.39. The summed E-state index contributed by atoms with van der Waals surface area (Å²) < 4.78 is 6.84. The smallest absolute Gasteiger partial charge is 0.279 e. The van der Waals surface area contributed by atoms with Gasteiger partial charge in [-0.2, -0.15) is 0 Å². The molecule has 0 unspecified atom stereocenters. The quantitative estimate of drug-likeness (QED) is 0.563. The summed E-state index contributed by atoms with van der Waals surface area (Å²) in [5.74, 6) is 0.785. The van der Waals surface area contributed by atoms with Gasteiger partial charge in [0.25, 0.3) is 5.91 Å². The average molecular weight is 385 g/mol. The average Bonchev–Trinajstić information content (AvgIpc) is 3.16. The molecular weight excluding hydrogens is 366 g/mol. The topological polar surface area (TPSA) is 81.9 Å². The van der Waals surface area contributed by atoms with Crippen LogP contribution in [0.2, 0.25) is 0 Å². The van der Waals surface area contributed by atoms with Crippen molar-refractivity contribution in [3.63, 3.8) is 0 Å². The van der Waals surface area contributed by atoms with Gasteiger partial charge >= 0.3 is 0 Å². The maximum Gasteiger partial charge on any atom is 0.279 e. The molecule has 7 nitrogen and oxygen atoms in total. The second kappa shape index (κ2) is 7.93. The lowest BCUT2D eigenvalue weighted by molar-refractivity contribution is 0.102. The molecule has 0 spiro atoms. The summed E-state index contributed by atoms with van der Waals surface area (Å²) >= 11 is 0. The predicted octanol–water partition coefficient (Wildman–Crippen LogP) is 3.90. The Bertz CT molecular complexity index is 1140. The first kappa shape index (κ1) is 18.4. The predicted molar refractivity (Wildman–Crippen MR) is 110 cm³/mol. The van der Waals surface area contributed by atoms with Crippen molar-refractivity contribution >= 4 is 11.7 Å². The van der Waals surface area contributed by atoms with Crippen LogP contribution in [0.1, 0.15) is 16.2 Å². The number of nitrogens with one attached hydrogen (secondary N) is 1. The van der Waals surface area contributed by atoms with Crippen molar-refractivity contribution in [2.45, 2.75) is 6.92 Å². The second-order valence-electron chi connectivity index (χ2n) is 6.39. The zero-order valence-corrected chi connectivity index (χ0v) is 16.0. The Labute approximate surface area is 168 Å². The number of nitrogens with zero attached hydrogens (tertiary/aromatic N) is 4. The van der Waals surface area contributed by atoms with Crippen LogP contribution >= 0.6 is 0 Å². The highest BCUT2D eigenvalue weighted by Crippen LogP contribution is 2.20. The van der Waals surface area contributed by atoms with Gasteiger partial charge in [-0.25, -0.2) is 9.67 Å². The minimum atomic E-state index is -0.364. The lowest BCUT2D eigenvalue weighted by Gasteiger charge is -2.07. The van der Waals surface area contributed by atoms with Gasteiger partial charge in [-0.15, -0.1) is 5.10 Å². The van der Waals surface area contributed by atoms with Gasteiger partial charge in [0.1, 0.15) is 11.6 Å². The molecule has 144 valence electrons. The highest BCUT2D eigenvalue weighted by molar-refractivity contribution is 6.03. The van der Waals surface area contributed by atoms with Crippen LogP contribution in [-0.2, 0) is 0 Å². The van der Waals surface area contributed by atoms with Crippen LogP contribution < -0.4 is 10.1 Å². The molecule has 2 heterocycles. The molecule has 0 atom stereocenters. The third-order valence-corrected chi connectivity index (χ3v) is 4.52. The van der Waals surface area contributed by atoms with E-state index in [0.717, 1.165) is 16.8 Å². The van der Waals surface area contributed by atoms with Crippen LogP contribution in [0.25, 0.3) is 16.8 Å². The van der Waals surface area contributed by atoms with E-state index < -0.39 is 0 Å². The molecule has 0 aliphatic rings. The van der Waals surface area contributed by atoms with E-state index in [9.17, 15) is 4.79 Å². The molecule has 0 radical (unpaired) electrons. The molecule has 0 aliphatic heterocycles. The number of hydrogen-bond donors (Lipinski definition) is 1. The van der Waals surface area contributed by atoms with Crippen LogP contribution in [0.15, 0.2) is 72.9 Å². The molecule has 2 aromatic carbocycles. The van der Waals surface area contributed by atoms with Crippen LogP contribution in [0, 0.1) is 6.92 Å². The number of anilines is 1. The van der Waals surface area contributed by atoms with E-state index in [-0.39, 0.29) is 11.6 Å². The highest BCUT2D eigenvalue weighted by Gasteiger charge is 2.18. The minimum Gasteiger partial charge on any atom is -0.497 e. The van der Waals surface area contributed by atoms with Crippen molar-refractivity contribution in [2.24, 2.45) is 0 Å². The zero-order chi connectivity index (χ0) is 20.2. The number of amides is 1. The number of ether oxygens (including phenoxy) is 1. The molecule has 7 heteroatoms. The van der Waals surface area contributed by atoms with Crippen molar-refractivity contribution < 1.29 is 9.53 Å². The Morgan fingerprint density at radius 2 is 1.83 bits per heavy atom. The summed E-state index contributed by atoms with van der Waals surface area (Å²) in [6.45, 7) is 1.79. The number of carbonyl (C=O) groups excluding carboxylic acids is 1. The summed E-state index contributed by atoms with van der Waals surface area (Å²) in [6.07, 6.45) is 1.73. The maximum atomic E-state index is 12.7. The lowest BCUT2D eigenvalue weighted by atomic mass is 10.1. The fourth-order valence-electron chi connectivity index (χ4n) is 2.97. The molecule has 4 aromatic rings. The molecular formula is C22H19N5O2. The monoisotopic (exact) mass is 385 g/mol. The lowest BCUT2D eigenvalue weighted by Crippen LogP contribution is -2.15. The normalized spacial score (nSPS) is 10.6. The van der Waals surface area contributed by atoms with Crippen molar-refractivity contribution in [2.75, 3.05) is 12.4 Å². The van der Waals surface area contributed by atoms with Crippen LogP contribution in [0.5, 0.6) is 5.75 Å². The summed E-state index contributed by atoms with van der Waals surface area (Å²) in [4.78, 5) is 17.0. The Hall–Kier alpha value is -4.00. The van der Waals surface area contributed by atoms with Gasteiger partial charge in [0.05, 0.1) is 18.5 Å². The Balaban J connectivity index is 1.52. The van der Waals surface area contributed by atoms with Crippen molar-refractivity contribution in [1.29, 1.82) is 0 Å². The third-order valence-electron chi connectivity index (χ3n) is 4.52. The highest BCUT2D eigenvalue weighted by atomic mass is 16.5. The number of methoxy groups -OCH3 is 1. The number of hydrogen-bond acceptors (Lipinski definition) is 5. The zero-order valence-electron chi connectivity index (χ0n) is 16.0. The fourth-order valence-corrected chi connectivity index (χ4v) is 2.97. The van der Waals surface area contributed by atoms with Crippen molar-refractivity contribution in [1.82, 2.24) is 20.0 Å². The number of benzene rings is 2. The number of rotatable bonds is 5.